The molecule has 5 aromatic rings. The number of benzene rings is 2. The molecule has 132 valence electrons. The minimum absolute atomic E-state index is 0.292. The highest BCUT2D eigenvalue weighted by Crippen LogP contribution is 2.28. The summed E-state index contributed by atoms with van der Waals surface area (Å²) in [7, 11) is 0. The van der Waals surface area contributed by atoms with Crippen molar-refractivity contribution in [3.63, 3.8) is 0 Å². The number of nitrogens with one attached hydrogen (secondary N) is 1. The fraction of sp³-hybridized carbons (Fsp3) is 0. The van der Waals surface area contributed by atoms with Crippen LogP contribution in [0.4, 0.5) is 4.39 Å². The molecule has 0 aliphatic carbocycles. The van der Waals surface area contributed by atoms with E-state index in [2.05, 4.69) is 15.0 Å². The lowest BCUT2D eigenvalue weighted by molar-refractivity contribution is 0.587. The maximum Gasteiger partial charge on any atom is 0.188 e. The zero-order chi connectivity index (χ0) is 18.4. The predicted molar refractivity (Wildman–Crippen MR) is 103 cm³/mol. The van der Waals surface area contributed by atoms with Gasteiger partial charge < -0.3 is 9.54 Å². The van der Waals surface area contributed by atoms with E-state index in [-0.39, 0.29) is 5.82 Å². The average molecular weight is 376 g/mol. The van der Waals surface area contributed by atoms with Crippen molar-refractivity contribution in [3.8, 4) is 11.4 Å². The molecule has 0 fully saturated rings. The van der Waals surface area contributed by atoms with E-state index in [1.165, 1.54) is 12.1 Å². The topological polar surface area (TPSA) is 69.6 Å². The van der Waals surface area contributed by atoms with E-state index in [0.29, 0.717) is 21.9 Å². The van der Waals surface area contributed by atoms with Gasteiger partial charge in [-0.15, -0.1) is 3.97 Å². The summed E-state index contributed by atoms with van der Waals surface area (Å²) in [5.41, 5.74) is 2.90. The molecular formula is C20H13FN4OS. The second-order valence-electron chi connectivity index (χ2n) is 6.05. The zero-order valence-corrected chi connectivity index (χ0v) is 14.8. The molecule has 1 unspecified atom stereocenters. The van der Waals surface area contributed by atoms with Crippen molar-refractivity contribution in [1.82, 2.24) is 18.9 Å². The van der Waals surface area contributed by atoms with E-state index in [0.717, 1.165) is 16.5 Å². The molecule has 5 rings (SSSR count). The van der Waals surface area contributed by atoms with Crippen LogP contribution in [0.25, 0.3) is 33.5 Å². The van der Waals surface area contributed by atoms with Gasteiger partial charge in [0.05, 0.1) is 17.9 Å². The summed E-state index contributed by atoms with van der Waals surface area (Å²) in [5.74, 6) is 0.343. The number of hydrogen-bond donors (Lipinski definition) is 1. The van der Waals surface area contributed by atoms with Crippen LogP contribution in [0.15, 0.2) is 78.0 Å². The Balaban J connectivity index is 1.64. The van der Waals surface area contributed by atoms with E-state index < -0.39 is 11.4 Å². The average Bonchev–Trinajstić information content (AvgIpc) is 3.32. The number of hydrogen-bond acceptors (Lipinski definition) is 3. The molecule has 0 aliphatic rings. The standard InChI is InChI=1S/C20H13FN4OS/c21-14-8-6-13(7-9-14)19-23-17-12-22-20-16(18(17)24-19)10-11-25(20)27(26)15-4-2-1-3-5-15/h1-12H,(H,23,24). The van der Waals surface area contributed by atoms with E-state index in [4.69, 9.17) is 0 Å². The number of rotatable bonds is 3. The summed E-state index contributed by atoms with van der Waals surface area (Å²) < 4.78 is 27.7. The zero-order valence-electron chi connectivity index (χ0n) is 14.0. The van der Waals surface area contributed by atoms with Crippen LogP contribution in [0, 0.1) is 5.82 Å². The quantitative estimate of drug-likeness (QED) is 0.478. The van der Waals surface area contributed by atoms with Gasteiger partial charge in [-0.1, -0.05) is 18.2 Å². The van der Waals surface area contributed by atoms with Gasteiger partial charge in [0, 0.05) is 10.9 Å². The van der Waals surface area contributed by atoms with E-state index in [9.17, 15) is 8.94 Å². The predicted octanol–water partition coefficient (Wildman–Crippen LogP) is 4.29. The number of halogens is 1. The van der Waals surface area contributed by atoms with Gasteiger partial charge in [-0.25, -0.2) is 14.4 Å². The summed E-state index contributed by atoms with van der Waals surface area (Å²) in [6, 6.07) is 17.3. The molecule has 0 bridgehead atoms. The minimum Gasteiger partial charge on any atom is -0.587 e. The van der Waals surface area contributed by atoms with Crippen molar-refractivity contribution >= 4 is 33.4 Å². The van der Waals surface area contributed by atoms with Gasteiger partial charge in [-0.3, -0.25) is 0 Å². The highest BCUT2D eigenvalue weighted by atomic mass is 32.2. The smallest absolute Gasteiger partial charge is 0.188 e. The first-order valence-electron chi connectivity index (χ1n) is 8.30. The van der Waals surface area contributed by atoms with Gasteiger partial charge in [-0.05, 0) is 42.5 Å². The monoisotopic (exact) mass is 376 g/mol. The van der Waals surface area contributed by atoms with Crippen LogP contribution < -0.4 is 0 Å². The van der Waals surface area contributed by atoms with Gasteiger partial charge in [-0.2, -0.15) is 0 Å². The van der Waals surface area contributed by atoms with Crippen molar-refractivity contribution in [2.75, 3.05) is 0 Å². The number of pyridine rings is 1. The van der Waals surface area contributed by atoms with Crippen molar-refractivity contribution in [2.24, 2.45) is 0 Å². The molecule has 0 aliphatic heterocycles. The normalized spacial score (nSPS) is 12.7. The summed E-state index contributed by atoms with van der Waals surface area (Å²) in [4.78, 5) is 13.0. The molecule has 0 saturated heterocycles. The third-order valence-electron chi connectivity index (χ3n) is 4.38. The van der Waals surface area contributed by atoms with Gasteiger partial charge >= 0.3 is 0 Å². The first-order valence-corrected chi connectivity index (χ1v) is 9.40. The molecule has 0 spiro atoms. The molecule has 1 N–H and O–H groups in total. The van der Waals surface area contributed by atoms with Crippen LogP contribution in [0.3, 0.4) is 0 Å². The highest BCUT2D eigenvalue weighted by Gasteiger charge is 2.19. The minimum atomic E-state index is -1.39. The Hall–Kier alpha value is -3.16. The van der Waals surface area contributed by atoms with E-state index in [1.54, 1.807) is 28.5 Å². The van der Waals surface area contributed by atoms with Crippen molar-refractivity contribution in [2.45, 2.75) is 4.90 Å². The fourth-order valence-corrected chi connectivity index (χ4v) is 4.16. The van der Waals surface area contributed by atoms with Crippen molar-refractivity contribution in [1.29, 1.82) is 0 Å². The molecule has 2 aromatic carbocycles. The Morgan fingerprint density at radius 1 is 1.00 bits per heavy atom. The number of fused-ring (bicyclic) bond motifs is 3. The number of aromatic amines is 1. The van der Waals surface area contributed by atoms with Gasteiger partial charge in [0.1, 0.15) is 28.5 Å². The van der Waals surface area contributed by atoms with Crippen molar-refractivity contribution in [3.05, 3.63) is 78.9 Å². The first kappa shape index (κ1) is 16.0. The van der Waals surface area contributed by atoms with Crippen molar-refractivity contribution < 1.29 is 8.94 Å². The van der Waals surface area contributed by atoms with Crippen LogP contribution in [-0.4, -0.2) is 23.5 Å². The maximum atomic E-state index is 13.2. The highest BCUT2D eigenvalue weighted by molar-refractivity contribution is 7.90. The van der Waals surface area contributed by atoms with Gasteiger partial charge in [0.15, 0.2) is 10.5 Å². The molecule has 0 saturated carbocycles. The Bertz CT molecular complexity index is 1250. The van der Waals surface area contributed by atoms with Crippen LogP contribution in [0.1, 0.15) is 0 Å². The third kappa shape index (κ3) is 2.68. The van der Waals surface area contributed by atoms with Gasteiger partial charge in [0.2, 0.25) is 0 Å². The second-order valence-corrected chi connectivity index (χ2v) is 7.41. The number of imidazole rings is 1. The summed E-state index contributed by atoms with van der Waals surface area (Å²) in [5, 5.41) is 0.831. The number of aromatic nitrogens is 4. The third-order valence-corrected chi connectivity index (χ3v) is 5.71. The number of nitrogens with zero attached hydrogens (tertiary/aromatic N) is 3. The lowest BCUT2D eigenvalue weighted by Gasteiger charge is -2.10. The summed E-state index contributed by atoms with van der Waals surface area (Å²) in [6.07, 6.45) is 3.42. The molecule has 0 amide bonds. The summed E-state index contributed by atoms with van der Waals surface area (Å²) in [6.45, 7) is 0. The van der Waals surface area contributed by atoms with Crippen LogP contribution in [0.2, 0.25) is 0 Å². The Morgan fingerprint density at radius 2 is 1.78 bits per heavy atom. The Kier molecular flexibility index (Phi) is 3.70. The molecule has 7 heteroatoms. The van der Waals surface area contributed by atoms with E-state index >= 15 is 0 Å². The molecule has 3 heterocycles. The molecule has 1 atom stereocenters. The lowest BCUT2D eigenvalue weighted by Crippen LogP contribution is -2.12. The van der Waals surface area contributed by atoms with Crippen LogP contribution in [0.5, 0.6) is 0 Å². The van der Waals surface area contributed by atoms with Crippen LogP contribution in [-0.2, 0) is 11.4 Å². The fourth-order valence-electron chi connectivity index (χ4n) is 3.06. The van der Waals surface area contributed by atoms with Gasteiger partial charge in [0.25, 0.3) is 0 Å². The molecule has 3 aromatic heterocycles. The van der Waals surface area contributed by atoms with E-state index in [1.807, 2.05) is 36.4 Å². The number of H-pyrrole nitrogens is 1. The molecule has 0 radical (unpaired) electrons. The largest absolute Gasteiger partial charge is 0.587 e. The second kappa shape index (κ2) is 6.22. The van der Waals surface area contributed by atoms with Crippen LogP contribution >= 0.6 is 0 Å². The molecular weight excluding hydrogens is 363 g/mol. The molecule has 27 heavy (non-hydrogen) atoms. The first-order chi connectivity index (χ1) is 13.2. The SMILES string of the molecule is [O-][S+](c1ccccc1)n1ccc2c3[nH]c(-c4ccc(F)cc4)nc3cnc21. The Morgan fingerprint density at radius 3 is 2.56 bits per heavy atom. The summed E-state index contributed by atoms with van der Waals surface area (Å²) >= 11 is -1.39. The maximum absolute atomic E-state index is 13.2. The molecule has 5 nitrogen and oxygen atoms in total. The lowest BCUT2D eigenvalue weighted by atomic mass is 10.2. The Labute approximate surface area is 156 Å².